The Morgan fingerprint density at radius 2 is 2.06 bits per heavy atom. The molecule has 0 heterocycles. The lowest BCUT2D eigenvalue weighted by molar-refractivity contribution is 0.0927. The van der Waals surface area contributed by atoms with Gasteiger partial charge in [-0.1, -0.05) is 13.8 Å². The highest BCUT2D eigenvalue weighted by Gasteiger charge is 2.30. The molecule has 0 radical (unpaired) electrons. The number of rotatable bonds is 2. The molecular weight excluding hydrogens is 231 g/mol. The van der Waals surface area contributed by atoms with Gasteiger partial charge in [-0.15, -0.1) is 0 Å². The Morgan fingerprint density at radius 3 is 2.61 bits per heavy atom. The predicted octanol–water partition coefficient (Wildman–Crippen LogP) is 2.57. The number of hydrogen-bond acceptors (Lipinski definition) is 2. The van der Waals surface area contributed by atoms with Crippen molar-refractivity contribution < 1.29 is 9.18 Å². The number of carbonyl (C=O) groups excluding carboxylic acids is 1. The number of hydrogen-bond donors (Lipinski definition) is 2. The molecule has 1 saturated carbocycles. The molecule has 0 aliphatic heterocycles. The van der Waals surface area contributed by atoms with E-state index in [1.165, 1.54) is 18.2 Å². The summed E-state index contributed by atoms with van der Waals surface area (Å²) >= 11 is 0. The van der Waals surface area contributed by atoms with E-state index in [4.69, 9.17) is 5.73 Å². The molecule has 4 heteroatoms. The van der Waals surface area contributed by atoms with Gasteiger partial charge in [-0.3, -0.25) is 4.79 Å². The zero-order valence-corrected chi connectivity index (χ0v) is 10.7. The lowest BCUT2D eigenvalue weighted by Crippen LogP contribution is -2.37. The molecule has 18 heavy (non-hydrogen) atoms. The third kappa shape index (κ3) is 2.63. The molecule has 3 atom stereocenters. The summed E-state index contributed by atoms with van der Waals surface area (Å²) in [7, 11) is 0. The molecule has 1 aliphatic carbocycles. The van der Waals surface area contributed by atoms with Gasteiger partial charge in [-0.05, 0) is 42.9 Å². The van der Waals surface area contributed by atoms with Gasteiger partial charge >= 0.3 is 0 Å². The van der Waals surface area contributed by atoms with Crippen LogP contribution in [0.5, 0.6) is 0 Å². The average Bonchev–Trinajstić information content (AvgIpc) is 2.59. The molecule has 1 aromatic rings. The van der Waals surface area contributed by atoms with E-state index in [9.17, 15) is 9.18 Å². The molecule has 3 unspecified atom stereocenters. The van der Waals surface area contributed by atoms with Crippen molar-refractivity contribution >= 4 is 11.6 Å². The summed E-state index contributed by atoms with van der Waals surface area (Å²) in [6.07, 6.45) is 2.11. The molecule has 1 aliphatic rings. The predicted molar refractivity (Wildman–Crippen MR) is 69.6 cm³/mol. The third-order valence-corrected chi connectivity index (χ3v) is 3.96. The number of carbonyl (C=O) groups is 1. The first-order valence-corrected chi connectivity index (χ1v) is 6.34. The molecule has 3 nitrogen and oxygen atoms in total. The highest BCUT2D eigenvalue weighted by atomic mass is 19.1. The van der Waals surface area contributed by atoms with E-state index in [0.29, 0.717) is 17.4 Å². The van der Waals surface area contributed by atoms with Crippen LogP contribution in [0.3, 0.4) is 0 Å². The summed E-state index contributed by atoms with van der Waals surface area (Å²) in [6.45, 7) is 4.33. The number of benzene rings is 1. The highest BCUT2D eigenvalue weighted by molar-refractivity contribution is 5.95. The summed E-state index contributed by atoms with van der Waals surface area (Å²) in [6, 6.07) is 4.10. The normalized spacial score (nSPS) is 27.2. The number of halogens is 1. The smallest absolute Gasteiger partial charge is 0.251 e. The van der Waals surface area contributed by atoms with E-state index in [0.717, 1.165) is 12.8 Å². The average molecular weight is 250 g/mol. The molecule has 0 saturated heterocycles. The second-order valence-electron chi connectivity index (χ2n) is 5.27. The molecule has 1 amide bonds. The molecule has 0 bridgehead atoms. The van der Waals surface area contributed by atoms with E-state index < -0.39 is 5.82 Å². The lowest BCUT2D eigenvalue weighted by Gasteiger charge is -2.19. The van der Waals surface area contributed by atoms with E-state index >= 15 is 0 Å². The maximum atomic E-state index is 13.2. The fraction of sp³-hybridized carbons (Fsp3) is 0.500. The van der Waals surface area contributed by atoms with Gasteiger partial charge in [0.05, 0.1) is 0 Å². The van der Waals surface area contributed by atoms with Crippen molar-refractivity contribution in [1.82, 2.24) is 5.32 Å². The van der Waals surface area contributed by atoms with Crippen LogP contribution in [0.15, 0.2) is 18.2 Å². The van der Waals surface area contributed by atoms with E-state index in [-0.39, 0.29) is 17.6 Å². The van der Waals surface area contributed by atoms with Crippen LogP contribution in [-0.2, 0) is 0 Å². The van der Waals surface area contributed by atoms with Crippen LogP contribution in [0.2, 0.25) is 0 Å². The standard InChI is InChI=1S/C14H19FN2O/c1-8-3-4-13(9(8)2)17-14(18)10-5-11(15)7-12(16)6-10/h5-9,13H,3-4,16H2,1-2H3,(H,17,18). The van der Waals surface area contributed by atoms with E-state index in [1.807, 2.05) is 0 Å². The quantitative estimate of drug-likeness (QED) is 0.793. The molecule has 0 spiro atoms. The van der Waals surface area contributed by atoms with E-state index in [2.05, 4.69) is 19.2 Å². The van der Waals surface area contributed by atoms with Crippen molar-refractivity contribution in [2.75, 3.05) is 5.73 Å². The second-order valence-corrected chi connectivity index (χ2v) is 5.27. The van der Waals surface area contributed by atoms with Gasteiger partial charge in [0.25, 0.3) is 5.91 Å². The Labute approximate surface area is 107 Å². The van der Waals surface area contributed by atoms with Crippen molar-refractivity contribution in [2.45, 2.75) is 32.7 Å². The number of nitrogen functional groups attached to an aromatic ring is 1. The Kier molecular flexibility index (Phi) is 3.55. The van der Waals surface area contributed by atoms with Crippen LogP contribution < -0.4 is 11.1 Å². The van der Waals surface area contributed by atoms with Crippen molar-refractivity contribution in [2.24, 2.45) is 11.8 Å². The van der Waals surface area contributed by atoms with Crippen LogP contribution in [-0.4, -0.2) is 11.9 Å². The van der Waals surface area contributed by atoms with Crippen LogP contribution in [0.1, 0.15) is 37.0 Å². The first-order chi connectivity index (χ1) is 8.47. The van der Waals surface area contributed by atoms with Gasteiger partial charge < -0.3 is 11.1 Å². The fourth-order valence-electron chi connectivity index (χ4n) is 2.56. The summed E-state index contributed by atoms with van der Waals surface area (Å²) in [5, 5.41) is 2.97. The molecule has 1 aromatic carbocycles. The number of anilines is 1. The Balaban J connectivity index is 2.08. The zero-order valence-electron chi connectivity index (χ0n) is 10.7. The van der Waals surface area contributed by atoms with Crippen molar-refractivity contribution in [3.05, 3.63) is 29.6 Å². The van der Waals surface area contributed by atoms with Gasteiger partial charge in [-0.25, -0.2) is 4.39 Å². The summed E-state index contributed by atoms with van der Waals surface area (Å²) < 4.78 is 13.2. The SMILES string of the molecule is CC1CCC(NC(=O)c2cc(N)cc(F)c2)C1C. The van der Waals surface area contributed by atoms with Crippen molar-refractivity contribution in [3.63, 3.8) is 0 Å². The Morgan fingerprint density at radius 1 is 1.33 bits per heavy atom. The molecule has 98 valence electrons. The Bertz CT molecular complexity index is 441. The van der Waals surface area contributed by atoms with Crippen LogP contribution in [0.4, 0.5) is 10.1 Å². The highest BCUT2D eigenvalue weighted by Crippen LogP contribution is 2.31. The maximum Gasteiger partial charge on any atom is 0.251 e. The molecule has 1 fully saturated rings. The van der Waals surface area contributed by atoms with Crippen LogP contribution in [0.25, 0.3) is 0 Å². The number of amides is 1. The lowest BCUT2D eigenvalue weighted by atomic mass is 9.97. The summed E-state index contributed by atoms with van der Waals surface area (Å²) in [4.78, 5) is 12.0. The first kappa shape index (κ1) is 12.9. The fourth-order valence-corrected chi connectivity index (χ4v) is 2.56. The molecule has 2 rings (SSSR count). The van der Waals surface area contributed by atoms with Crippen molar-refractivity contribution in [3.8, 4) is 0 Å². The third-order valence-electron chi connectivity index (χ3n) is 3.96. The van der Waals surface area contributed by atoms with Gasteiger partial charge in [0.15, 0.2) is 0 Å². The zero-order chi connectivity index (χ0) is 13.3. The monoisotopic (exact) mass is 250 g/mol. The van der Waals surface area contributed by atoms with Gasteiger partial charge in [0.2, 0.25) is 0 Å². The van der Waals surface area contributed by atoms with Gasteiger partial charge in [-0.2, -0.15) is 0 Å². The minimum Gasteiger partial charge on any atom is -0.399 e. The molecular formula is C14H19FN2O. The maximum absolute atomic E-state index is 13.2. The minimum absolute atomic E-state index is 0.178. The summed E-state index contributed by atoms with van der Waals surface area (Å²) in [5.41, 5.74) is 6.10. The minimum atomic E-state index is -0.479. The van der Waals surface area contributed by atoms with Gasteiger partial charge in [0, 0.05) is 17.3 Å². The van der Waals surface area contributed by atoms with Crippen LogP contribution >= 0.6 is 0 Å². The first-order valence-electron chi connectivity index (χ1n) is 6.34. The van der Waals surface area contributed by atoms with E-state index in [1.54, 1.807) is 0 Å². The van der Waals surface area contributed by atoms with Crippen molar-refractivity contribution in [1.29, 1.82) is 0 Å². The number of nitrogens with two attached hydrogens (primary N) is 1. The number of nitrogens with one attached hydrogen (secondary N) is 1. The van der Waals surface area contributed by atoms with Gasteiger partial charge in [0.1, 0.15) is 5.82 Å². The largest absolute Gasteiger partial charge is 0.399 e. The molecule has 0 aromatic heterocycles. The topological polar surface area (TPSA) is 55.1 Å². The van der Waals surface area contributed by atoms with Crippen LogP contribution in [0, 0.1) is 17.7 Å². The Hall–Kier alpha value is -1.58. The summed E-state index contributed by atoms with van der Waals surface area (Å²) in [5.74, 6) is 0.355. The second kappa shape index (κ2) is 4.96. The molecule has 3 N–H and O–H groups in total.